The SMILES string of the molecule is Cc1cnc(CNC(=O)c2ccc(C)c(O)c2)s1. The first-order chi connectivity index (χ1) is 8.56. The molecule has 18 heavy (non-hydrogen) atoms. The number of phenols is 1. The highest BCUT2D eigenvalue weighted by molar-refractivity contribution is 7.11. The molecule has 1 aromatic carbocycles. The van der Waals surface area contributed by atoms with Gasteiger partial charge in [-0.15, -0.1) is 11.3 Å². The lowest BCUT2D eigenvalue weighted by Crippen LogP contribution is -2.22. The van der Waals surface area contributed by atoms with E-state index in [1.54, 1.807) is 36.6 Å². The molecule has 0 spiro atoms. The normalized spacial score (nSPS) is 10.3. The number of phenolic OH excluding ortho intramolecular Hbond substituents is 1. The van der Waals surface area contributed by atoms with E-state index in [1.807, 2.05) is 6.92 Å². The Morgan fingerprint density at radius 2 is 2.22 bits per heavy atom. The van der Waals surface area contributed by atoms with Crippen molar-refractivity contribution in [3.8, 4) is 5.75 Å². The maximum absolute atomic E-state index is 11.8. The van der Waals surface area contributed by atoms with Crippen molar-refractivity contribution in [1.29, 1.82) is 0 Å². The van der Waals surface area contributed by atoms with Gasteiger partial charge in [-0.25, -0.2) is 4.98 Å². The molecule has 0 aliphatic rings. The largest absolute Gasteiger partial charge is 0.508 e. The number of rotatable bonds is 3. The van der Waals surface area contributed by atoms with Crippen LogP contribution in [0, 0.1) is 13.8 Å². The molecule has 1 aromatic heterocycles. The van der Waals surface area contributed by atoms with Gasteiger partial charge in [-0.1, -0.05) is 6.07 Å². The molecule has 5 heteroatoms. The smallest absolute Gasteiger partial charge is 0.251 e. The van der Waals surface area contributed by atoms with Crippen LogP contribution in [0.5, 0.6) is 5.75 Å². The Morgan fingerprint density at radius 3 is 2.83 bits per heavy atom. The summed E-state index contributed by atoms with van der Waals surface area (Å²) in [5.41, 5.74) is 1.20. The number of thiazole rings is 1. The lowest BCUT2D eigenvalue weighted by molar-refractivity contribution is 0.0950. The Kier molecular flexibility index (Phi) is 3.62. The first-order valence-electron chi connectivity index (χ1n) is 5.55. The van der Waals surface area contributed by atoms with Crippen molar-refractivity contribution < 1.29 is 9.90 Å². The van der Waals surface area contributed by atoms with E-state index in [9.17, 15) is 9.90 Å². The third-order valence-electron chi connectivity index (χ3n) is 2.54. The molecule has 94 valence electrons. The Hall–Kier alpha value is -1.88. The Bertz CT molecular complexity index is 578. The minimum Gasteiger partial charge on any atom is -0.508 e. The summed E-state index contributed by atoms with van der Waals surface area (Å²) in [5, 5.41) is 13.2. The summed E-state index contributed by atoms with van der Waals surface area (Å²) in [6.45, 7) is 4.17. The fraction of sp³-hybridized carbons (Fsp3) is 0.231. The minimum absolute atomic E-state index is 0.132. The number of aryl methyl sites for hydroxylation is 2. The molecule has 2 N–H and O–H groups in total. The molecule has 0 saturated heterocycles. The van der Waals surface area contributed by atoms with E-state index < -0.39 is 0 Å². The second-order valence-corrected chi connectivity index (χ2v) is 5.37. The van der Waals surface area contributed by atoms with Gasteiger partial charge >= 0.3 is 0 Å². The van der Waals surface area contributed by atoms with E-state index in [0.29, 0.717) is 12.1 Å². The van der Waals surface area contributed by atoms with E-state index >= 15 is 0 Å². The molecule has 0 bridgehead atoms. The molecule has 0 aliphatic carbocycles. The van der Waals surface area contributed by atoms with Crippen LogP contribution in [0.25, 0.3) is 0 Å². The molecular weight excluding hydrogens is 248 g/mol. The number of carbonyl (C=O) groups is 1. The maximum atomic E-state index is 11.8. The van der Waals surface area contributed by atoms with E-state index in [4.69, 9.17) is 0 Å². The van der Waals surface area contributed by atoms with Gasteiger partial charge in [0.1, 0.15) is 10.8 Å². The topological polar surface area (TPSA) is 62.2 Å². The van der Waals surface area contributed by atoms with Crippen LogP contribution in [0.4, 0.5) is 0 Å². The highest BCUT2D eigenvalue weighted by Crippen LogP contribution is 2.17. The molecule has 0 saturated carbocycles. The van der Waals surface area contributed by atoms with Crippen LogP contribution in [0.15, 0.2) is 24.4 Å². The second-order valence-electron chi connectivity index (χ2n) is 4.05. The molecule has 2 rings (SSSR count). The molecule has 0 atom stereocenters. The number of nitrogens with zero attached hydrogens (tertiary/aromatic N) is 1. The summed E-state index contributed by atoms with van der Waals surface area (Å²) in [4.78, 5) is 17.1. The van der Waals surface area contributed by atoms with Crippen LogP contribution in [0.1, 0.15) is 25.8 Å². The molecule has 1 heterocycles. The Morgan fingerprint density at radius 1 is 1.44 bits per heavy atom. The van der Waals surface area contributed by atoms with E-state index in [1.165, 1.54) is 6.07 Å². The van der Waals surface area contributed by atoms with Crippen molar-refractivity contribution in [2.45, 2.75) is 20.4 Å². The highest BCUT2D eigenvalue weighted by Gasteiger charge is 2.08. The van der Waals surface area contributed by atoms with Crippen molar-refractivity contribution in [2.24, 2.45) is 0 Å². The lowest BCUT2D eigenvalue weighted by atomic mass is 10.1. The van der Waals surface area contributed by atoms with E-state index in [-0.39, 0.29) is 11.7 Å². The maximum Gasteiger partial charge on any atom is 0.251 e. The van der Waals surface area contributed by atoms with Crippen molar-refractivity contribution in [3.05, 3.63) is 45.4 Å². The van der Waals surface area contributed by atoms with Crippen molar-refractivity contribution >= 4 is 17.2 Å². The van der Waals surface area contributed by atoms with Crippen molar-refractivity contribution in [3.63, 3.8) is 0 Å². The number of amides is 1. The molecular formula is C13H14N2O2S. The predicted molar refractivity (Wildman–Crippen MR) is 70.9 cm³/mol. The van der Waals surface area contributed by atoms with E-state index in [0.717, 1.165) is 15.4 Å². The average molecular weight is 262 g/mol. The molecule has 1 amide bonds. The zero-order chi connectivity index (χ0) is 13.1. The third-order valence-corrected chi connectivity index (χ3v) is 3.45. The Labute approximate surface area is 109 Å². The highest BCUT2D eigenvalue weighted by atomic mass is 32.1. The number of carbonyl (C=O) groups excluding carboxylic acids is 1. The lowest BCUT2D eigenvalue weighted by Gasteiger charge is -2.05. The van der Waals surface area contributed by atoms with Crippen LogP contribution in [0.3, 0.4) is 0 Å². The quantitative estimate of drug-likeness (QED) is 0.892. The van der Waals surface area contributed by atoms with Crippen LogP contribution >= 0.6 is 11.3 Å². The molecule has 4 nitrogen and oxygen atoms in total. The van der Waals surface area contributed by atoms with Gasteiger partial charge in [-0.05, 0) is 31.5 Å². The molecule has 0 radical (unpaired) electrons. The summed E-state index contributed by atoms with van der Waals surface area (Å²) >= 11 is 1.56. The van der Waals surface area contributed by atoms with Crippen molar-refractivity contribution in [2.75, 3.05) is 0 Å². The summed E-state index contributed by atoms with van der Waals surface area (Å²) in [7, 11) is 0. The molecule has 0 aliphatic heterocycles. The number of aromatic hydroxyl groups is 1. The summed E-state index contributed by atoms with van der Waals surface area (Å²) in [6.07, 6.45) is 1.78. The summed E-state index contributed by atoms with van der Waals surface area (Å²) in [6, 6.07) is 4.88. The van der Waals surface area contributed by atoms with Crippen molar-refractivity contribution in [1.82, 2.24) is 10.3 Å². The number of aromatic nitrogens is 1. The van der Waals surface area contributed by atoms with Gasteiger partial charge in [0.2, 0.25) is 0 Å². The standard InChI is InChI=1S/C13H14N2O2S/c1-8-3-4-10(5-11(8)16)13(17)15-7-12-14-6-9(2)18-12/h3-6,16H,7H2,1-2H3,(H,15,17). The van der Waals surface area contributed by atoms with Gasteiger partial charge in [0, 0.05) is 16.6 Å². The van der Waals surface area contributed by atoms with Gasteiger partial charge in [-0.3, -0.25) is 4.79 Å². The first-order valence-corrected chi connectivity index (χ1v) is 6.37. The number of hydrogen-bond acceptors (Lipinski definition) is 4. The second kappa shape index (κ2) is 5.18. The number of benzene rings is 1. The fourth-order valence-corrected chi connectivity index (χ4v) is 2.22. The Balaban J connectivity index is 2.01. The van der Waals surface area contributed by atoms with Gasteiger partial charge in [0.15, 0.2) is 0 Å². The minimum atomic E-state index is -0.210. The van der Waals surface area contributed by atoms with Gasteiger partial charge in [-0.2, -0.15) is 0 Å². The predicted octanol–water partition coefficient (Wildman–Crippen LogP) is 2.40. The first kappa shape index (κ1) is 12.6. The average Bonchev–Trinajstić information content (AvgIpc) is 2.75. The molecule has 0 fully saturated rings. The van der Waals surface area contributed by atoms with Gasteiger partial charge < -0.3 is 10.4 Å². The zero-order valence-corrected chi connectivity index (χ0v) is 11.0. The molecule has 2 aromatic rings. The van der Waals surface area contributed by atoms with Gasteiger partial charge in [0.05, 0.1) is 6.54 Å². The summed E-state index contributed by atoms with van der Waals surface area (Å²) < 4.78 is 0. The van der Waals surface area contributed by atoms with Crippen LogP contribution in [0.2, 0.25) is 0 Å². The van der Waals surface area contributed by atoms with E-state index in [2.05, 4.69) is 10.3 Å². The monoisotopic (exact) mass is 262 g/mol. The van der Waals surface area contributed by atoms with Crippen LogP contribution in [-0.4, -0.2) is 16.0 Å². The summed E-state index contributed by atoms with van der Waals surface area (Å²) in [5.74, 6) is -0.0779. The number of nitrogens with one attached hydrogen (secondary N) is 1. The van der Waals surface area contributed by atoms with Gasteiger partial charge in [0.25, 0.3) is 5.91 Å². The number of hydrogen-bond donors (Lipinski definition) is 2. The molecule has 0 unspecified atom stereocenters. The zero-order valence-electron chi connectivity index (χ0n) is 10.2. The van der Waals surface area contributed by atoms with Crippen LogP contribution < -0.4 is 5.32 Å². The third kappa shape index (κ3) is 2.87. The van der Waals surface area contributed by atoms with Crippen LogP contribution in [-0.2, 0) is 6.54 Å². The fourth-order valence-electron chi connectivity index (χ4n) is 1.49.